The number of benzene rings is 1. The molecule has 0 atom stereocenters. The maximum absolute atomic E-state index is 12.2. The molecule has 1 aromatic rings. The number of nitrogen functional groups attached to an aromatic ring is 1. The predicted octanol–water partition coefficient (Wildman–Crippen LogP) is 2.44. The number of hydrogen-bond donors (Lipinski definition) is 2. The van der Waals surface area contributed by atoms with Gasteiger partial charge in [0.05, 0.1) is 4.90 Å². The average Bonchev–Trinajstić information content (AvgIpc) is 2.31. The Morgan fingerprint density at radius 3 is 2.53 bits per heavy atom. The van der Waals surface area contributed by atoms with Crippen LogP contribution in [0.4, 0.5) is 5.69 Å². The Morgan fingerprint density at radius 1 is 1.37 bits per heavy atom. The molecule has 3 N–H and O–H groups in total. The van der Waals surface area contributed by atoms with Crippen LogP contribution in [-0.4, -0.2) is 15.0 Å². The van der Waals surface area contributed by atoms with Crippen molar-refractivity contribution in [2.45, 2.75) is 44.4 Å². The van der Waals surface area contributed by atoms with Crippen molar-refractivity contribution in [2.75, 3.05) is 12.3 Å². The van der Waals surface area contributed by atoms with Crippen molar-refractivity contribution in [3.63, 3.8) is 0 Å². The molecule has 1 fully saturated rings. The van der Waals surface area contributed by atoms with Crippen molar-refractivity contribution >= 4 is 15.7 Å². The van der Waals surface area contributed by atoms with E-state index >= 15 is 0 Å². The van der Waals surface area contributed by atoms with Crippen molar-refractivity contribution < 1.29 is 8.42 Å². The van der Waals surface area contributed by atoms with E-state index in [2.05, 4.69) is 11.6 Å². The molecule has 0 aromatic heterocycles. The number of anilines is 1. The Morgan fingerprint density at radius 2 is 2.05 bits per heavy atom. The minimum atomic E-state index is -3.42. The molecule has 1 saturated carbocycles. The van der Waals surface area contributed by atoms with Crippen molar-refractivity contribution in [3.8, 4) is 0 Å². The van der Waals surface area contributed by atoms with E-state index in [0.29, 0.717) is 17.1 Å². The van der Waals surface area contributed by atoms with Crippen LogP contribution in [0.2, 0.25) is 0 Å². The van der Waals surface area contributed by atoms with E-state index in [-0.39, 0.29) is 5.41 Å². The molecule has 2 rings (SSSR count). The van der Waals surface area contributed by atoms with Crippen LogP contribution < -0.4 is 10.5 Å². The van der Waals surface area contributed by atoms with Gasteiger partial charge in [0.15, 0.2) is 0 Å². The van der Waals surface area contributed by atoms with Gasteiger partial charge in [0, 0.05) is 12.2 Å². The van der Waals surface area contributed by atoms with Crippen molar-refractivity contribution in [3.05, 3.63) is 23.8 Å². The van der Waals surface area contributed by atoms with Gasteiger partial charge in [-0.15, -0.1) is 0 Å². The van der Waals surface area contributed by atoms with Gasteiger partial charge in [-0.05, 0) is 55.4 Å². The topological polar surface area (TPSA) is 72.2 Å². The molecule has 0 radical (unpaired) electrons. The number of aryl methyl sites for hydroxylation is 1. The molecule has 0 unspecified atom stereocenters. The SMILES string of the molecule is CCC1(CNS(=O)(=O)c2ccc(N)c(C)c2)CCC1. The summed E-state index contributed by atoms with van der Waals surface area (Å²) in [5.74, 6) is 0. The summed E-state index contributed by atoms with van der Waals surface area (Å²) in [4.78, 5) is 0.296. The molecular formula is C14H22N2O2S. The third kappa shape index (κ3) is 2.92. The van der Waals surface area contributed by atoms with Gasteiger partial charge in [-0.3, -0.25) is 0 Å². The van der Waals surface area contributed by atoms with Crippen LogP contribution >= 0.6 is 0 Å². The summed E-state index contributed by atoms with van der Waals surface area (Å²) in [7, 11) is -3.42. The molecule has 5 heteroatoms. The minimum Gasteiger partial charge on any atom is -0.399 e. The molecule has 1 aliphatic carbocycles. The third-order valence-electron chi connectivity index (χ3n) is 4.35. The molecule has 0 amide bonds. The fourth-order valence-electron chi connectivity index (χ4n) is 2.48. The number of nitrogens with one attached hydrogen (secondary N) is 1. The standard InChI is InChI=1S/C14H22N2O2S/c1-3-14(7-4-8-14)10-16-19(17,18)12-5-6-13(15)11(2)9-12/h5-6,9,16H,3-4,7-8,10,15H2,1-2H3. The summed E-state index contributed by atoms with van der Waals surface area (Å²) in [6.07, 6.45) is 4.46. The molecular weight excluding hydrogens is 260 g/mol. The molecule has 0 spiro atoms. The van der Waals surface area contributed by atoms with E-state index in [0.717, 1.165) is 24.8 Å². The first kappa shape index (κ1) is 14.3. The van der Waals surface area contributed by atoms with E-state index in [1.54, 1.807) is 18.2 Å². The maximum Gasteiger partial charge on any atom is 0.240 e. The Bertz CT molecular complexity index is 557. The molecule has 19 heavy (non-hydrogen) atoms. The van der Waals surface area contributed by atoms with Crippen molar-refractivity contribution in [2.24, 2.45) is 5.41 Å². The Balaban J connectivity index is 2.11. The second-order valence-electron chi connectivity index (χ2n) is 5.55. The summed E-state index contributed by atoms with van der Waals surface area (Å²) < 4.78 is 27.2. The second-order valence-corrected chi connectivity index (χ2v) is 7.32. The second kappa shape index (κ2) is 5.13. The molecule has 4 nitrogen and oxygen atoms in total. The highest BCUT2D eigenvalue weighted by atomic mass is 32.2. The number of nitrogens with two attached hydrogens (primary N) is 1. The first-order chi connectivity index (χ1) is 8.88. The zero-order valence-electron chi connectivity index (χ0n) is 11.6. The van der Waals surface area contributed by atoms with Crippen molar-refractivity contribution in [1.29, 1.82) is 0 Å². The first-order valence-corrected chi connectivity index (χ1v) is 8.23. The molecule has 0 aliphatic heterocycles. The molecule has 1 aromatic carbocycles. The largest absolute Gasteiger partial charge is 0.399 e. The van der Waals surface area contributed by atoms with Crippen LogP contribution in [0.3, 0.4) is 0 Å². The zero-order valence-corrected chi connectivity index (χ0v) is 12.4. The van der Waals surface area contributed by atoms with Gasteiger partial charge in [-0.25, -0.2) is 13.1 Å². The predicted molar refractivity (Wildman–Crippen MR) is 77.4 cm³/mol. The van der Waals surface area contributed by atoms with E-state index in [1.807, 2.05) is 6.92 Å². The first-order valence-electron chi connectivity index (χ1n) is 6.74. The fraction of sp³-hybridized carbons (Fsp3) is 0.571. The highest BCUT2D eigenvalue weighted by Crippen LogP contribution is 2.43. The third-order valence-corrected chi connectivity index (χ3v) is 5.75. The smallest absolute Gasteiger partial charge is 0.240 e. The lowest BCUT2D eigenvalue weighted by molar-refractivity contribution is 0.133. The lowest BCUT2D eigenvalue weighted by Crippen LogP contribution is -2.41. The van der Waals surface area contributed by atoms with Crippen LogP contribution in [0.5, 0.6) is 0 Å². The quantitative estimate of drug-likeness (QED) is 0.815. The summed E-state index contributed by atoms with van der Waals surface area (Å²) in [5.41, 5.74) is 7.29. The highest BCUT2D eigenvalue weighted by molar-refractivity contribution is 7.89. The fourth-order valence-corrected chi connectivity index (χ4v) is 3.72. The summed E-state index contributed by atoms with van der Waals surface area (Å²) in [6, 6.07) is 4.82. The average molecular weight is 282 g/mol. The van der Waals surface area contributed by atoms with E-state index in [4.69, 9.17) is 5.73 Å². The van der Waals surface area contributed by atoms with Crippen LogP contribution in [0.1, 0.15) is 38.2 Å². The summed E-state index contributed by atoms with van der Waals surface area (Å²) in [6.45, 7) is 4.48. The van der Waals surface area contributed by atoms with Gasteiger partial charge in [-0.1, -0.05) is 13.3 Å². The minimum absolute atomic E-state index is 0.177. The van der Waals surface area contributed by atoms with Crippen molar-refractivity contribution in [1.82, 2.24) is 4.72 Å². The Kier molecular flexibility index (Phi) is 3.87. The van der Waals surface area contributed by atoms with Crippen LogP contribution in [0.15, 0.2) is 23.1 Å². The normalized spacial score (nSPS) is 18.0. The van der Waals surface area contributed by atoms with Crippen LogP contribution in [0, 0.1) is 12.3 Å². The molecule has 1 aliphatic rings. The van der Waals surface area contributed by atoms with E-state index < -0.39 is 10.0 Å². The molecule has 106 valence electrons. The van der Waals surface area contributed by atoms with E-state index in [9.17, 15) is 8.42 Å². The van der Waals surface area contributed by atoms with Gasteiger partial charge >= 0.3 is 0 Å². The van der Waals surface area contributed by atoms with Crippen LogP contribution in [-0.2, 0) is 10.0 Å². The van der Waals surface area contributed by atoms with Gasteiger partial charge in [0.2, 0.25) is 10.0 Å². The molecule has 0 bridgehead atoms. The highest BCUT2D eigenvalue weighted by Gasteiger charge is 2.36. The van der Waals surface area contributed by atoms with Gasteiger partial charge in [0.25, 0.3) is 0 Å². The number of hydrogen-bond acceptors (Lipinski definition) is 3. The lowest BCUT2D eigenvalue weighted by atomic mass is 9.67. The molecule has 0 saturated heterocycles. The van der Waals surface area contributed by atoms with E-state index in [1.165, 1.54) is 6.42 Å². The van der Waals surface area contributed by atoms with Gasteiger partial charge < -0.3 is 5.73 Å². The number of rotatable bonds is 5. The van der Waals surface area contributed by atoms with Gasteiger partial charge in [-0.2, -0.15) is 0 Å². The Hall–Kier alpha value is -1.07. The lowest BCUT2D eigenvalue weighted by Gasteiger charge is -2.41. The monoisotopic (exact) mass is 282 g/mol. The zero-order chi connectivity index (χ0) is 14.1. The summed E-state index contributed by atoms with van der Waals surface area (Å²) in [5, 5.41) is 0. The number of sulfonamides is 1. The van der Waals surface area contributed by atoms with Gasteiger partial charge in [0.1, 0.15) is 0 Å². The van der Waals surface area contributed by atoms with Crippen LogP contribution in [0.25, 0.3) is 0 Å². The Labute approximate surface area is 115 Å². The molecule has 0 heterocycles. The maximum atomic E-state index is 12.2. The summed E-state index contributed by atoms with van der Waals surface area (Å²) >= 11 is 0.